The van der Waals surface area contributed by atoms with Crippen LogP contribution in [0.1, 0.15) is 32.3 Å². The summed E-state index contributed by atoms with van der Waals surface area (Å²) >= 11 is 0. The number of carbonyl (C=O) groups excluding carboxylic acids is 2. The predicted molar refractivity (Wildman–Crippen MR) is 123 cm³/mol. The molecule has 0 spiro atoms. The van der Waals surface area contributed by atoms with Crippen molar-refractivity contribution in [1.29, 1.82) is 0 Å². The first-order chi connectivity index (χ1) is 16.0. The molecule has 0 radical (unpaired) electrons. The molecule has 0 aliphatic rings. The van der Waals surface area contributed by atoms with E-state index in [1.165, 1.54) is 30.0 Å². The maximum Gasteiger partial charge on any atom is 0.242 e. The molecule has 0 aromatic heterocycles. The van der Waals surface area contributed by atoms with Crippen molar-refractivity contribution in [3.8, 4) is 0 Å². The SMILES string of the molecule is CCNC(=O)[C@H](C)N(Cc1ccccc1F)C(=O)CCCN(c1ccc(F)c(F)c1)S(C)(=O)=O. The van der Waals surface area contributed by atoms with Crippen molar-refractivity contribution in [2.24, 2.45) is 0 Å². The molecule has 0 heterocycles. The highest BCUT2D eigenvalue weighted by atomic mass is 32.2. The van der Waals surface area contributed by atoms with Crippen LogP contribution in [0.2, 0.25) is 0 Å². The lowest BCUT2D eigenvalue weighted by molar-refractivity contribution is -0.140. The van der Waals surface area contributed by atoms with Gasteiger partial charge in [-0.25, -0.2) is 21.6 Å². The number of hydrogen-bond donors (Lipinski definition) is 1. The lowest BCUT2D eigenvalue weighted by atomic mass is 10.1. The quantitative estimate of drug-likeness (QED) is 0.515. The fourth-order valence-corrected chi connectivity index (χ4v) is 4.32. The fraction of sp³-hybridized carbons (Fsp3) is 0.391. The number of anilines is 1. The van der Waals surface area contributed by atoms with Gasteiger partial charge in [0.15, 0.2) is 11.6 Å². The average molecular weight is 500 g/mol. The molecule has 2 amide bonds. The zero-order chi connectivity index (χ0) is 25.5. The van der Waals surface area contributed by atoms with E-state index in [1.807, 2.05) is 0 Å². The number of nitrogens with zero attached hydrogens (tertiary/aromatic N) is 2. The van der Waals surface area contributed by atoms with Crippen LogP contribution in [0.15, 0.2) is 42.5 Å². The maximum absolute atomic E-state index is 14.2. The lowest BCUT2D eigenvalue weighted by Gasteiger charge is -2.29. The van der Waals surface area contributed by atoms with E-state index >= 15 is 0 Å². The number of rotatable bonds is 11. The van der Waals surface area contributed by atoms with E-state index < -0.39 is 45.3 Å². The second-order valence-corrected chi connectivity index (χ2v) is 9.63. The number of amides is 2. The van der Waals surface area contributed by atoms with Crippen molar-refractivity contribution in [1.82, 2.24) is 10.2 Å². The molecule has 0 saturated heterocycles. The third-order valence-corrected chi connectivity index (χ3v) is 6.35. The fourth-order valence-electron chi connectivity index (χ4n) is 3.36. The van der Waals surface area contributed by atoms with Crippen LogP contribution in [-0.4, -0.2) is 50.5 Å². The summed E-state index contributed by atoms with van der Waals surface area (Å²) in [6.45, 7) is 3.27. The van der Waals surface area contributed by atoms with Crippen LogP contribution < -0.4 is 9.62 Å². The zero-order valence-corrected chi connectivity index (χ0v) is 20.0. The third-order valence-electron chi connectivity index (χ3n) is 5.16. The van der Waals surface area contributed by atoms with Crippen molar-refractivity contribution < 1.29 is 31.2 Å². The molecule has 0 unspecified atom stereocenters. The summed E-state index contributed by atoms with van der Waals surface area (Å²) in [6.07, 6.45) is 0.784. The summed E-state index contributed by atoms with van der Waals surface area (Å²) in [5.74, 6) is -3.73. The van der Waals surface area contributed by atoms with E-state index in [2.05, 4.69) is 5.32 Å². The second-order valence-electron chi connectivity index (χ2n) is 7.72. The largest absolute Gasteiger partial charge is 0.355 e. The number of benzene rings is 2. The standard InChI is InChI=1S/C23H28F3N3O4S/c1-4-27-23(31)16(2)28(15-17-8-5-6-9-19(17)24)22(30)10-7-13-29(34(3,32)33)18-11-12-20(25)21(26)14-18/h5-6,8-9,11-12,14,16H,4,7,10,13,15H2,1-3H3,(H,27,31)/t16-/m0/s1. The third kappa shape index (κ3) is 7.21. The first-order valence-electron chi connectivity index (χ1n) is 10.7. The van der Waals surface area contributed by atoms with Crippen LogP contribution in [0.4, 0.5) is 18.9 Å². The summed E-state index contributed by atoms with van der Waals surface area (Å²) in [6, 6.07) is 7.69. The first-order valence-corrected chi connectivity index (χ1v) is 12.5. The van der Waals surface area contributed by atoms with Crippen LogP contribution in [-0.2, 0) is 26.2 Å². The Bertz CT molecular complexity index is 1130. The van der Waals surface area contributed by atoms with Crippen molar-refractivity contribution in [2.45, 2.75) is 39.3 Å². The van der Waals surface area contributed by atoms with E-state index in [0.29, 0.717) is 6.54 Å². The van der Waals surface area contributed by atoms with Crippen molar-refractivity contribution in [2.75, 3.05) is 23.7 Å². The van der Waals surface area contributed by atoms with E-state index in [4.69, 9.17) is 0 Å². The molecule has 1 N–H and O–H groups in total. The van der Waals surface area contributed by atoms with Crippen LogP contribution in [0.5, 0.6) is 0 Å². The minimum absolute atomic E-state index is 0.0286. The normalized spacial score (nSPS) is 12.2. The topological polar surface area (TPSA) is 86.8 Å². The Balaban J connectivity index is 2.18. The molecule has 2 rings (SSSR count). The summed E-state index contributed by atoms with van der Waals surface area (Å²) in [7, 11) is -3.85. The first kappa shape index (κ1) is 27.2. The zero-order valence-electron chi connectivity index (χ0n) is 19.2. The van der Waals surface area contributed by atoms with Crippen LogP contribution >= 0.6 is 0 Å². The minimum atomic E-state index is -3.85. The predicted octanol–water partition coefficient (Wildman–Crippen LogP) is 3.20. The minimum Gasteiger partial charge on any atom is -0.355 e. The van der Waals surface area contributed by atoms with Gasteiger partial charge in [-0.05, 0) is 38.5 Å². The number of carbonyl (C=O) groups is 2. The van der Waals surface area contributed by atoms with Gasteiger partial charge in [-0.3, -0.25) is 13.9 Å². The molecular formula is C23H28F3N3O4S. The second kappa shape index (κ2) is 11.9. The van der Waals surface area contributed by atoms with Gasteiger partial charge in [-0.1, -0.05) is 18.2 Å². The van der Waals surface area contributed by atoms with Crippen molar-refractivity contribution in [3.05, 3.63) is 65.5 Å². The molecule has 186 valence electrons. The van der Waals surface area contributed by atoms with Crippen LogP contribution in [0, 0.1) is 17.5 Å². The monoisotopic (exact) mass is 499 g/mol. The van der Waals surface area contributed by atoms with E-state index in [-0.39, 0.29) is 37.2 Å². The van der Waals surface area contributed by atoms with Gasteiger partial charge >= 0.3 is 0 Å². The number of nitrogens with one attached hydrogen (secondary N) is 1. The van der Waals surface area contributed by atoms with Gasteiger partial charge in [-0.2, -0.15) is 0 Å². The highest BCUT2D eigenvalue weighted by Crippen LogP contribution is 2.22. The molecular weight excluding hydrogens is 471 g/mol. The molecule has 2 aromatic carbocycles. The number of halogens is 3. The Kier molecular flexibility index (Phi) is 9.48. The van der Waals surface area contributed by atoms with Crippen molar-refractivity contribution in [3.63, 3.8) is 0 Å². The smallest absolute Gasteiger partial charge is 0.242 e. The summed E-state index contributed by atoms with van der Waals surface area (Å²) < 4.78 is 66.4. The summed E-state index contributed by atoms with van der Waals surface area (Å²) in [5.41, 5.74) is 0.152. The Hall–Kier alpha value is -3.08. The molecule has 2 aromatic rings. The van der Waals surface area contributed by atoms with Gasteiger partial charge in [0, 0.05) is 37.7 Å². The molecule has 0 fully saturated rings. The molecule has 11 heteroatoms. The van der Waals surface area contributed by atoms with Gasteiger partial charge in [0.2, 0.25) is 21.8 Å². The highest BCUT2D eigenvalue weighted by molar-refractivity contribution is 7.92. The van der Waals surface area contributed by atoms with Gasteiger partial charge in [-0.15, -0.1) is 0 Å². The molecule has 7 nitrogen and oxygen atoms in total. The molecule has 34 heavy (non-hydrogen) atoms. The lowest BCUT2D eigenvalue weighted by Crippen LogP contribution is -2.47. The Morgan fingerprint density at radius 3 is 2.29 bits per heavy atom. The molecule has 0 saturated carbocycles. The number of likely N-dealkylation sites (N-methyl/N-ethyl adjacent to an activating group) is 1. The summed E-state index contributed by atoms with van der Waals surface area (Å²) in [5, 5.41) is 2.63. The van der Waals surface area contributed by atoms with E-state index in [0.717, 1.165) is 28.8 Å². The molecule has 1 atom stereocenters. The molecule has 0 aliphatic heterocycles. The maximum atomic E-state index is 14.2. The molecule has 0 aliphatic carbocycles. The van der Waals surface area contributed by atoms with Gasteiger partial charge in [0.05, 0.1) is 11.9 Å². The molecule has 0 bridgehead atoms. The van der Waals surface area contributed by atoms with Gasteiger partial charge < -0.3 is 10.2 Å². The number of sulfonamides is 1. The highest BCUT2D eigenvalue weighted by Gasteiger charge is 2.27. The van der Waals surface area contributed by atoms with Crippen LogP contribution in [0.3, 0.4) is 0 Å². The van der Waals surface area contributed by atoms with E-state index in [9.17, 15) is 31.2 Å². The summed E-state index contributed by atoms with van der Waals surface area (Å²) in [4.78, 5) is 26.6. The van der Waals surface area contributed by atoms with Crippen LogP contribution in [0.25, 0.3) is 0 Å². The Morgan fingerprint density at radius 2 is 1.71 bits per heavy atom. The Morgan fingerprint density at radius 1 is 1.03 bits per heavy atom. The van der Waals surface area contributed by atoms with Gasteiger partial charge in [0.1, 0.15) is 11.9 Å². The van der Waals surface area contributed by atoms with Gasteiger partial charge in [0.25, 0.3) is 0 Å². The average Bonchev–Trinajstić information content (AvgIpc) is 2.77. The Labute approximate surface area is 197 Å². The van der Waals surface area contributed by atoms with E-state index in [1.54, 1.807) is 13.0 Å². The number of hydrogen-bond acceptors (Lipinski definition) is 4. The van der Waals surface area contributed by atoms with Crippen molar-refractivity contribution >= 4 is 27.5 Å².